The number of carbonyl (C=O) groups is 2. The summed E-state index contributed by atoms with van der Waals surface area (Å²) in [6, 6.07) is 2.73. The molecule has 0 radical (unpaired) electrons. The summed E-state index contributed by atoms with van der Waals surface area (Å²) >= 11 is 0. The number of carboxylic acids is 1. The highest BCUT2D eigenvalue weighted by Gasteiger charge is 2.21. The van der Waals surface area contributed by atoms with Crippen LogP contribution in [0.3, 0.4) is 0 Å². The second kappa shape index (κ2) is 6.60. The van der Waals surface area contributed by atoms with E-state index >= 15 is 0 Å². The van der Waals surface area contributed by atoms with E-state index in [0.29, 0.717) is 6.42 Å². The molecule has 1 N–H and O–H groups in total. The minimum atomic E-state index is -1.19. The number of halogens is 1. The fraction of sp³-hybridized carbons (Fsp3) is 0.333. The molecule has 20 heavy (non-hydrogen) atoms. The Labute approximate surface area is 113 Å². The largest absolute Gasteiger partial charge is 0.480 e. The Morgan fingerprint density at radius 1 is 1.45 bits per heavy atom. The Balaban J connectivity index is 3.03. The summed E-state index contributed by atoms with van der Waals surface area (Å²) in [5, 5.41) is 19.2. The van der Waals surface area contributed by atoms with E-state index < -0.39 is 34.8 Å². The summed E-state index contributed by atoms with van der Waals surface area (Å²) in [4.78, 5) is 33.3. The van der Waals surface area contributed by atoms with Gasteiger partial charge in [0.15, 0.2) is 0 Å². The van der Waals surface area contributed by atoms with Crippen molar-refractivity contribution in [2.75, 3.05) is 13.1 Å². The van der Waals surface area contributed by atoms with Gasteiger partial charge in [-0.25, -0.2) is 0 Å². The van der Waals surface area contributed by atoms with Gasteiger partial charge in [-0.15, -0.1) is 0 Å². The van der Waals surface area contributed by atoms with Gasteiger partial charge in [0.25, 0.3) is 5.91 Å². The minimum Gasteiger partial charge on any atom is -0.480 e. The van der Waals surface area contributed by atoms with Crippen molar-refractivity contribution >= 4 is 17.6 Å². The molecule has 0 saturated heterocycles. The van der Waals surface area contributed by atoms with Crippen LogP contribution in [0.1, 0.15) is 23.7 Å². The number of hydrogen-bond acceptors (Lipinski definition) is 4. The SMILES string of the molecule is CCCN(CC(=O)O)C(=O)c1ccc([N+](=O)[O-])c(F)c1. The monoisotopic (exact) mass is 284 g/mol. The second-order valence-electron chi connectivity index (χ2n) is 4.04. The molecular formula is C12H13FN2O5. The predicted octanol–water partition coefficient (Wildman–Crippen LogP) is 1.67. The molecule has 1 amide bonds. The Hall–Kier alpha value is -2.51. The maximum Gasteiger partial charge on any atom is 0.323 e. The zero-order valence-electron chi connectivity index (χ0n) is 10.7. The summed E-state index contributed by atoms with van der Waals surface area (Å²) in [5.74, 6) is -3.00. The average molecular weight is 284 g/mol. The first kappa shape index (κ1) is 15.5. The van der Waals surface area contributed by atoms with Crippen molar-refractivity contribution in [2.45, 2.75) is 13.3 Å². The Bertz CT molecular complexity index is 547. The lowest BCUT2D eigenvalue weighted by molar-refractivity contribution is -0.387. The Morgan fingerprint density at radius 2 is 2.10 bits per heavy atom. The number of rotatable bonds is 6. The molecule has 0 aliphatic rings. The van der Waals surface area contributed by atoms with Gasteiger partial charge >= 0.3 is 11.7 Å². The first-order valence-corrected chi connectivity index (χ1v) is 5.81. The maximum absolute atomic E-state index is 13.4. The van der Waals surface area contributed by atoms with E-state index in [-0.39, 0.29) is 12.1 Å². The van der Waals surface area contributed by atoms with E-state index in [1.165, 1.54) is 0 Å². The molecule has 7 nitrogen and oxygen atoms in total. The van der Waals surface area contributed by atoms with Crippen LogP contribution in [0.5, 0.6) is 0 Å². The van der Waals surface area contributed by atoms with Crippen molar-refractivity contribution in [1.82, 2.24) is 4.90 Å². The van der Waals surface area contributed by atoms with Gasteiger partial charge in [0, 0.05) is 18.2 Å². The van der Waals surface area contributed by atoms with Gasteiger partial charge in [0.1, 0.15) is 6.54 Å². The van der Waals surface area contributed by atoms with E-state index in [9.17, 15) is 24.1 Å². The highest BCUT2D eigenvalue weighted by Crippen LogP contribution is 2.19. The molecule has 1 aromatic carbocycles. The lowest BCUT2D eigenvalue weighted by Crippen LogP contribution is -2.36. The summed E-state index contributed by atoms with van der Waals surface area (Å²) in [6.45, 7) is 1.45. The third-order valence-electron chi connectivity index (χ3n) is 2.50. The van der Waals surface area contributed by atoms with E-state index in [2.05, 4.69) is 0 Å². The van der Waals surface area contributed by atoms with Crippen LogP contribution >= 0.6 is 0 Å². The molecule has 8 heteroatoms. The van der Waals surface area contributed by atoms with Crippen LogP contribution in [0, 0.1) is 15.9 Å². The summed E-state index contributed by atoms with van der Waals surface area (Å²) in [6.07, 6.45) is 0.536. The van der Waals surface area contributed by atoms with Crippen molar-refractivity contribution in [3.8, 4) is 0 Å². The van der Waals surface area contributed by atoms with E-state index in [0.717, 1.165) is 23.1 Å². The first-order valence-electron chi connectivity index (χ1n) is 5.81. The molecule has 0 fully saturated rings. The van der Waals surface area contributed by atoms with Gasteiger partial charge in [-0.3, -0.25) is 19.7 Å². The van der Waals surface area contributed by atoms with Gasteiger partial charge in [0.2, 0.25) is 5.82 Å². The number of carboxylic acid groups (broad SMARTS) is 1. The normalized spacial score (nSPS) is 10.1. The van der Waals surface area contributed by atoms with Crippen LogP contribution in [-0.4, -0.2) is 39.9 Å². The topological polar surface area (TPSA) is 101 Å². The van der Waals surface area contributed by atoms with E-state index in [1.54, 1.807) is 6.92 Å². The predicted molar refractivity (Wildman–Crippen MR) is 66.9 cm³/mol. The molecule has 1 rings (SSSR count). The van der Waals surface area contributed by atoms with E-state index in [1.807, 2.05) is 0 Å². The van der Waals surface area contributed by atoms with Gasteiger partial charge in [-0.05, 0) is 18.6 Å². The zero-order chi connectivity index (χ0) is 15.3. The molecule has 0 unspecified atom stereocenters. The van der Waals surface area contributed by atoms with Crippen LogP contribution in [-0.2, 0) is 4.79 Å². The van der Waals surface area contributed by atoms with Gasteiger partial charge in [-0.1, -0.05) is 6.92 Å². The Morgan fingerprint density at radius 3 is 2.55 bits per heavy atom. The fourth-order valence-electron chi connectivity index (χ4n) is 1.66. The molecule has 0 atom stereocenters. The lowest BCUT2D eigenvalue weighted by atomic mass is 10.1. The van der Waals surface area contributed by atoms with Crippen LogP contribution < -0.4 is 0 Å². The summed E-state index contributed by atoms with van der Waals surface area (Å²) in [7, 11) is 0. The number of nitro benzene ring substituents is 1. The zero-order valence-corrected chi connectivity index (χ0v) is 10.7. The smallest absolute Gasteiger partial charge is 0.323 e. The van der Waals surface area contributed by atoms with Crippen molar-refractivity contribution in [1.29, 1.82) is 0 Å². The molecule has 0 aliphatic heterocycles. The number of carbonyl (C=O) groups excluding carboxylic acids is 1. The molecule has 0 heterocycles. The lowest BCUT2D eigenvalue weighted by Gasteiger charge is -2.19. The average Bonchev–Trinajstić information content (AvgIpc) is 2.36. The third-order valence-corrected chi connectivity index (χ3v) is 2.50. The van der Waals surface area contributed by atoms with Gasteiger partial charge in [0.05, 0.1) is 4.92 Å². The summed E-state index contributed by atoms with van der Waals surface area (Å²) < 4.78 is 13.4. The minimum absolute atomic E-state index is 0.122. The van der Waals surface area contributed by atoms with Crippen molar-refractivity contribution in [3.63, 3.8) is 0 Å². The quantitative estimate of drug-likeness (QED) is 0.632. The third kappa shape index (κ3) is 3.74. The molecule has 1 aromatic rings. The standard InChI is InChI=1S/C12H13FN2O5/c1-2-5-14(7-11(16)17)12(18)8-3-4-10(15(19)20)9(13)6-8/h3-4,6H,2,5,7H2,1H3,(H,16,17). The number of nitro groups is 1. The molecule has 108 valence electrons. The van der Waals surface area contributed by atoms with Crippen LogP contribution in [0.25, 0.3) is 0 Å². The summed E-state index contributed by atoms with van der Waals surface area (Å²) in [5.41, 5.74) is -0.857. The van der Waals surface area contributed by atoms with E-state index in [4.69, 9.17) is 5.11 Å². The second-order valence-corrected chi connectivity index (χ2v) is 4.04. The number of hydrogen-bond donors (Lipinski definition) is 1. The van der Waals surface area contributed by atoms with Gasteiger partial charge < -0.3 is 10.0 Å². The fourth-order valence-corrected chi connectivity index (χ4v) is 1.66. The van der Waals surface area contributed by atoms with Crippen LogP contribution in [0.15, 0.2) is 18.2 Å². The molecular weight excluding hydrogens is 271 g/mol. The number of amides is 1. The highest BCUT2D eigenvalue weighted by atomic mass is 19.1. The molecule has 0 saturated carbocycles. The molecule has 0 aromatic heterocycles. The number of benzene rings is 1. The molecule has 0 bridgehead atoms. The molecule has 0 spiro atoms. The van der Waals surface area contributed by atoms with Crippen molar-refractivity contribution < 1.29 is 24.0 Å². The van der Waals surface area contributed by atoms with Gasteiger partial charge in [-0.2, -0.15) is 4.39 Å². The number of nitrogens with zero attached hydrogens (tertiary/aromatic N) is 2. The number of aliphatic carboxylic acids is 1. The highest BCUT2D eigenvalue weighted by molar-refractivity contribution is 5.96. The van der Waals surface area contributed by atoms with Crippen LogP contribution in [0.2, 0.25) is 0 Å². The van der Waals surface area contributed by atoms with Crippen LogP contribution in [0.4, 0.5) is 10.1 Å². The van der Waals surface area contributed by atoms with Crippen molar-refractivity contribution in [3.05, 3.63) is 39.7 Å². The maximum atomic E-state index is 13.4. The Kier molecular flexibility index (Phi) is 5.13. The molecule has 0 aliphatic carbocycles. The van der Waals surface area contributed by atoms with Crippen molar-refractivity contribution in [2.24, 2.45) is 0 Å². The first-order chi connectivity index (χ1) is 9.36.